The largest absolute Gasteiger partial charge is 0.268 e. The summed E-state index contributed by atoms with van der Waals surface area (Å²) in [6, 6.07) is 6.71. The number of thiazole rings is 1. The topological polar surface area (TPSA) is 76.1 Å². The first-order valence-corrected chi connectivity index (χ1v) is 8.17. The molecule has 1 heterocycles. The summed E-state index contributed by atoms with van der Waals surface area (Å²) >= 11 is 1.48. The molecule has 0 saturated carbocycles. The van der Waals surface area contributed by atoms with Crippen molar-refractivity contribution in [3.63, 3.8) is 0 Å². The van der Waals surface area contributed by atoms with E-state index in [0.717, 1.165) is 22.5 Å². The third-order valence-electron chi connectivity index (χ3n) is 2.27. The molecule has 0 radical (unpaired) electrons. The molecule has 0 fully saturated rings. The maximum atomic E-state index is 11.7. The van der Waals surface area contributed by atoms with Gasteiger partial charge in [0.15, 0.2) is 0 Å². The van der Waals surface area contributed by atoms with Gasteiger partial charge in [0.2, 0.25) is 10.0 Å². The van der Waals surface area contributed by atoms with Crippen LogP contribution in [0.4, 0.5) is 0 Å². The Balaban J connectivity index is 2.32. The lowest BCUT2D eigenvalue weighted by Gasteiger charge is -2.04. The van der Waals surface area contributed by atoms with E-state index in [1.54, 1.807) is 18.2 Å². The summed E-state index contributed by atoms with van der Waals surface area (Å²) in [6.07, 6.45) is 0.943. The van der Waals surface area contributed by atoms with E-state index >= 15 is 0 Å². The van der Waals surface area contributed by atoms with Gasteiger partial charge in [-0.25, -0.2) is 18.1 Å². The van der Waals surface area contributed by atoms with Crippen LogP contribution in [-0.2, 0) is 10.0 Å². The molecule has 0 aliphatic carbocycles. The second-order valence-electron chi connectivity index (χ2n) is 4.08. The Morgan fingerprint density at radius 1 is 1.37 bits per heavy atom. The number of aryl methyl sites for hydroxylation is 1. The number of amides is 1. The number of hydrogen-bond acceptors (Lipinski definition) is 5. The SMILES string of the molecule is Cc1csc(-c2cccc(C(=O)NS(C)(=O)=O)c2)n1. The average Bonchev–Trinajstić information content (AvgIpc) is 2.74. The molecule has 5 nitrogen and oxygen atoms in total. The van der Waals surface area contributed by atoms with Crippen LogP contribution in [0.2, 0.25) is 0 Å². The van der Waals surface area contributed by atoms with Crippen LogP contribution in [0.25, 0.3) is 10.6 Å². The average molecular weight is 296 g/mol. The van der Waals surface area contributed by atoms with E-state index in [4.69, 9.17) is 0 Å². The highest BCUT2D eigenvalue weighted by Gasteiger charge is 2.12. The van der Waals surface area contributed by atoms with Crippen LogP contribution < -0.4 is 4.72 Å². The number of sulfonamides is 1. The summed E-state index contributed by atoms with van der Waals surface area (Å²) in [6.45, 7) is 1.89. The molecule has 1 aromatic carbocycles. The summed E-state index contributed by atoms with van der Waals surface area (Å²) < 4.78 is 24.0. The molecule has 100 valence electrons. The van der Waals surface area contributed by atoms with Gasteiger partial charge in [0.1, 0.15) is 5.01 Å². The fourth-order valence-corrected chi connectivity index (χ4v) is 2.76. The predicted octanol–water partition coefficient (Wildman–Crippen LogP) is 1.81. The van der Waals surface area contributed by atoms with E-state index in [1.165, 1.54) is 11.3 Å². The van der Waals surface area contributed by atoms with Crippen molar-refractivity contribution in [1.82, 2.24) is 9.71 Å². The van der Waals surface area contributed by atoms with Gasteiger partial charge in [0.05, 0.1) is 6.26 Å². The van der Waals surface area contributed by atoms with Crippen LogP contribution in [-0.4, -0.2) is 25.6 Å². The zero-order valence-electron chi connectivity index (χ0n) is 10.4. The molecule has 0 aliphatic rings. The summed E-state index contributed by atoms with van der Waals surface area (Å²) in [5, 5.41) is 2.71. The molecule has 7 heteroatoms. The number of carbonyl (C=O) groups excluding carboxylic acids is 1. The van der Waals surface area contributed by atoms with Crippen molar-refractivity contribution in [2.24, 2.45) is 0 Å². The van der Waals surface area contributed by atoms with Gasteiger partial charge >= 0.3 is 0 Å². The summed E-state index contributed by atoms with van der Waals surface area (Å²) in [5.41, 5.74) is 1.99. The summed E-state index contributed by atoms with van der Waals surface area (Å²) in [7, 11) is -3.56. The fraction of sp³-hybridized carbons (Fsp3) is 0.167. The number of rotatable bonds is 3. The number of aromatic nitrogens is 1. The Kier molecular flexibility index (Phi) is 3.68. The van der Waals surface area contributed by atoms with Crippen LogP contribution in [0.3, 0.4) is 0 Å². The first kappa shape index (κ1) is 13.7. The number of nitrogens with one attached hydrogen (secondary N) is 1. The molecule has 0 saturated heterocycles. The van der Waals surface area contributed by atoms with Crippen LogP contribution >= 0.6 is 11.3 Å². The van der Waals surface area contributed by atoms with Gasteiger partial charge in [0.25, 0.3) is 5.91 Å². The fourth-order valence-electron chi connectivity index (χ4n) is 1.51. The molecule has 1 amide bonds. The predicted molar refractivity (Wildman–Crippen MR) is 74.6 cm³/mol. The Hall–Kier alpha value is -1.73. The molecule has 0 spiro atoms. The lowest BCUT2D eigenvalue weighted by atomic mass is 10.1. The van der Waals surface area contributed by atoms with Crippen LogP contribution in [0.1, 0.15) is 16.1 Å². The lowest BCUT2D eigenvalue weighted by Crippen LogP contribution is -2.29. The molecule has 2 aromatic rings. The van der Waals surface area contributed by atoms with Crippen molar-refractivity contribution in [3.05, 3.63) is 40.9 Å². The van der Waals surface area contributed by atoms with Gasteiger partial charge in [-0.2, -0.15) is 0 Å². The van der Waals surface area contributed by atoms with Gasteiger partial charge in [-0.05, 0) is 19.1 Å². The summed E-state index contributed by atoms with van der Waals surface area (Å²) in [5.74, 6) is -0.641. The van der Waals surface area contributed by atoms with Gasteiger partial charge < -0.3 is 0 Å². The summed E-state index contributed by atoms with van der Waals surface area (Å²) in [4.78, 5) is 16.1. The maximum Gasteiger partial charge on any atom is 0.264 e. The standard InChI is InChI=1S/C12H12N2O3S2/c1-8-7-18-12(13-8)10-5-3-4-9(6-10)11(15)14-19(2,16)17/h3-7H,1-2H3,(H,14,15). The second-order valence-corrected chi connectivity index (χ2v) is 6.68. The maximum absolute atomic E-state index is 11.7. The zero-order chi connectivity index (χ0) is 14.0. The Labute approximate surface area is 115 Å². The third-order valence-corrected chi connectivity index (χ3v) is 3.83. The third kappa shape index (κ3) is 3.62. The van der Waals surface area contributed by atoms with Crippen molar-refractivity contribution >= 4 is 27.3 Å². The van der Waals surface area contributed by atoms with Crippen molar-refractivity contribution in [2.75, 3.05) is 6.26 Å². The molecule has 0 unspecified atom stereocenters. The molecule has 19 heavy (non-hydrogen) atoms. The van der Waals surface area contributed by atoms with Crippen molar-refractivity contribution in [3.8, 4) is 10.6 Å². The van der Waals surface area contributed by atoms with E-state index in [0.29, 0.717) is 0 Å². The van der Waals surface area contributed by atoms with Crippen molar-refractivity contribution < 1.29 is 13.2 Å². The molecular formula is C12H12N2O3S2. The number of hydrogen-bond donors (Lipinski definition) is 1. The highest BCUT2D eigenvalue weighted by molar-refractivity contribution is 7.89. The lowest BCUT2D eigenvalue weighted by molar-refractivity contribution is 0.0981. The number of carbonyl (C=O) groups is 1. The molecule has 0 bridgehead atoms. The van der Waals surface area contributed by atoms with E-state index < -0.39 is 15.9 Å². The van der Waals surface area contributed by atoms with E-state index in [-0.39, 0.29) is 5.56 Å². The van der Waals surface area contributed by atoms with Gasteiger partial charge in [0, 0.05) is 22.2 Å². The van der Waals surface area contributed by atoms with Crippen molar-refractivity contribution in [1.29, 1.82) is 0 Å². The van der Waals surface area contributed by atoms with Gasteiger partial charge in [-0.3, -0.25) is 4.79 Å². The van der Waals surface area contributed by atoms with Crippen LogP contribution in [0.15, 0.2) is 29.6 Å². The van der Waals surface area contributed by atoms with Crippen LogP contribution in [0, 0.1) is 6.92 Å². The van der Waals surface area contributed by atoms with Crippen LogP contribution in [0.5, 0.6) is 0 Å². The molecular weight excluding hydrogens is 284 g/mol. The van der Waals surface area contributed by atoms with E-state index in [1.807, 2.05) is 23.1 Å². The Morgan fingerprint density at radius 3 is 2.68 bits per heavy atom. The molecule has 1 N–H and O–H groups in total. The Morgan fingerprint density at radius 2 is 2.11 bits per heavy atom. The highest BCUT2D eigenvalue weighted by Crippen LogP contribution is 2.24. The smallest absolute Gasteiger partial charge is 0.264 e. The number of nitrogens with zero attached hydrogens (tertiary/aromatic N) is 1. The normalized spacial score (nSPS) is 11.3. The highest BCUT2D eigenvalue weighted by atomic mass is 32.2. The van der Waals surface area contributed by atoms with E-state index in [9.17, 15) is 13.2 Å². The molecule has 0 atom stereocenters. The minimum atomic E-state index is -3.56. The Bertz CT molecular complexity index is 720. The minimum absolute atomic E-state index is 0.288. The van der Waals surface area contributed by atoms with Crippen molar-refractivity contribution in [2.45, 2.75) is 6.92 Å². The second kappa shape index (κ2) is 5.10. The quantitative estimate of drug-likeness (QED) is 0.937. The first-order chi connectivity index (χ1) is 8.85. The first-order valence-electron chi connectivity index (χ1n) is 5.40. The van der Waals surface area contributed by atoms with E-state index in [2.05, 4.69) is 4.98 Å². The molecule has 2 rings (SSSR count). The monoisotopic (exact) mass is 296 g/mol. The van der Waals surface area contributed by atoms with Gasteiger partial charge in [-0.1, -0.05) is 12.1 Å². The zero-order valence-corrected chi connectivity index (χ0v) is 12.0. The molecule has 1 aromatic heterocycles. The molecule has 0 aliphatic heterocycles. The minimum Gasteiger partial charge on any atom is -0.268 e. The van der Waals surface area contributed by atoms with Gasteiger partial charge in [-0.15, -0.1) is 11.3 Å². The number of benzene rings is 1.